The van der Waals surface area contributed by atoms with Gasteiger partial charge in [-0.25, -0.2) is 4.98 Å². The third-order valence-corrected chi connectivity index (χ3v) is 3.27. The largest absolute Gasteiger partial charge is 0.306 e. The molecule has 0 aromatic carbocycles. The van der Waals surface area contributed by atoms with Gasteiger partial charge in [0.1, 0.15) is 0 Å². The number of nitrogens with zero attached hydrogens (tertiary/aromatic N) is 1. The van der Waals surface area contributed by atoms with Gasteiger partial charge in [-0.3, -0.25) is 0 Å². The van der Waals surface area contributed by atoms with E-state index in [0.29, 0.717) is 11.6 Å². The lowest BCUT2D eigenvalue weighted by Crippen LogP contribution is -2.16. The highest BCUT2D eigenvalue weighted by molar-refractivity contribution is 7.09. The molecule has 0 unspecified atom stereocenters. The van der Waals surface area contributed by atoms with Crippen LogP contribution in [0.15, 0.2) is 17.0 Å². The topological polar surface area (TPSA) is 24.9 Å². The van der Waals surface area contributed by atoms with Crippen LogP contribution in [0, 0.1) is 0 Å². The van der Waals surface area contributed by atoms with Crippen LogP contribution in [0.4, 0.5) is 0 Å². The maximum Gasteiger partial charge on any atom is 0.0982 e. The first kappa shape index (κ1) is 12.7. The smallest absolute Gasteiger partial charge is 0.0982 e. The lowest BCUT2D eigenvalue weighted by atomic mass is 9.98. The molecule has 0 fully saturated rings. The van der Waals surface area contributed by atoms with Crippen LogP contribution in [0.1, 0.15) is 31.5 Å². The molecule has 0 saturated carbocycles. The second kappa shape index (κ2) is 5.10. The second-order valence-electron chi connectivity index (χ2n) is 4.51. The van der Waals surface area contributed by atoms with Crippen molar-refractivity contribution < 1.29 is 0 Å². The Morgan fingerprint density at radius 2 is 2.27 bits per heavy atom. The highest BCUT2D eigenvalue weighted by Crippen LogP contribution is 2.25. The zero-order valence-corrected chi connectivity index (χ0v) is 11.0. The van der Waals surface area contributed by atoms with E-state index in [1.54, 1.807) is 11.3 Å². The maximum absolute atomic E-state index is 5.65. The van der Waals surface area contributed by atoms with E-state index in [1.165, 1.54) is 5.01 Å². The van der Waals surface area contributed by atoms with E-state index in [2.05, 4.69) is 43.0 Å². The molecular formula is C11H17ClN2S. The zero-order valence-electron chi connectivity index (χ0n) is 9.43. The van der Waals surface area contributed by atoms with Crippen molar-refractivity contribution in [2.75, 3.05) is 6.54 Å². The molecule has 0 spiro atoms. The monoisotopic (exact) mass is 244 g/mol. The Morgan fingerprint density at radius 3 is 2.73 bits per heavy atom. The number of hydrogen-bond acceptors (Lipinski definition) is 3. The molecule has 0 aliphatic rings. The Morgan fingerprint density at radius 1 is 1.60 bits per heavy atom. The van der Waals surface area contributed by atoms with E-state index in [1.807, 2.05) is 0 Å². The molecular weight excluding hydrogens is 228 g/mol. The van der Waals surface area contributed by atoms with Crippen LogP contribution in [0.25, 0.3) is 0 Å². The van der Waals surface area contributed by atoms with Gasteiger partial charge in [0, 0.05) is 28.9 Å². The summed E-state index contributed by atoms with van der Waals surface area (Å²) >= 11 is 7.36. The van der Waals surface area contributed by atoms with Crippen molar-refractivity contribution in [2.24, 2.45) is 0 Å². The van der Waals surface area contributed by atoms with E-state index in [9.17, 15) is 0 Å². The fraction of sp³-hybridized carbons (Fsp3) is 0.545. The Hall–Kier alpha value is -0.380. The summed E-state index contributed by atoms with van der Waals surface area (Å²) in [6.07, 6.45) is 0. The van der Waals surface area contributed by atoms with Crippen molar-refractivity contribution in [3.63, 3.8) is 0 Å². The molecule has 1 rings (SSSR count). The summed E-state index contributed by atoms with van der Waals surface area (Å²) in [7, 11) is 0. The second-order valence-corrected chi connectivity index (χ2v) is 5.91. The quantitative estimate of drug-likeness (QED) is 0.879. The molecule has 1 heterocycles. The molecule has 1 aromatic heterocycles. The normalized spacial score (nSPS) is 11.7. The third-order valence-electron chi connectivity index (χ3n) is 1.82. The number of halogens is 1. The van der Waals surface area contributed by atoms with Crippen LogP contribution in [0.5, 0.6) is 0 Å². The van der Waals surface area contributed by atoms with Gasteiger partial charge in [-0.15, -0.1) is 11.3 Å². The van der Waals surface area contributed by atoms with Crippen molar-refractivity contribution in [3.05, 3.63) is 27.7 Å². The Kier molecular flexibility index (Phi) is 4.32. The minimum absolute atomic E-state index is 0.138. The highest BCUT2D eigenvalue weighted by atomic mass is 35.5. The number of hydrogen-bond donors (Lipinski definition) is 1. The molecule has 2 nitrogen and oxygen atoms in total. The predicted molar refractivity (Wildman–Crippen MR) is 67.5 cm³/mol. The first-order chi connectivity index (χ1) is 6.89. The Labute approximate surface area is 100 Å². The summed E-state index contributed by atoms with van der Waals surface area (Å²) in [5.41, 5.74) is 1.21. The number of thiazole rings is 1. The number of nitrogens with one attached hydrogen (secondary N) is 1. The molecule has 0 radical (unpaired) electrons. The van der Waals surface area contributed by atoms with Crippen LogP contribution in [0.3, 0.4) is 0 Å². The summed E-state index contributed by atoms with van der Waals surface area (Å²) in [6.45, 7) is 11.5. The SMILES string of the molecule is C=C(Cl)CNCc1csc(C(C)(C)C)n1. The minimum Gasteiger partial charge on any atom is -0.306 e. The van der Waals surface area contributed by atoms with Crippen molar-refractivity contribution in [3.8, 4) is 0 Å². The van der Waals surface area contributed by atoms with Gasteiger partial charge in [-0.05, 0) is 0 Å². The van der Waals surface area contributed by atoms with E-state index < -0.39 is 0 Å². The first-order valence-corrected chi connectivity index (χ1v) is 6.14. The zero-order chi connectivity index (χ0) is 11.5. The molecule has 0 bridgehead atoms. The van der Waals surface area contributed by atoms with Crippen LogP contribution < -0.4 is 5.32 Å². The fourth-order valence-electron chi connectivity index (χ4n) is 1.06. The van der Waals surface area contributed by atoms with Gasteiger partial charge < -0.3 is 5.32 Å². The van der Waals surface area contributed by atoms with Crippen LogP contribution in [-0.4, -0.2) is 11.5 Å². The molecule has 1 N–H and O–H groups in total. The molecule has 0 amide bonds. The van der Waals surface area contributed by atoms with Gasteiger partial charge >= 0.3 is 0 Å². The molecule has 0 aliphatic heterocycles. The van der Waals surface area contributed by atoms with E-state index in [0.717, 1.165) is 12.2 Å². The van der Waals surface area contributed by atoms with Gasteiger partial charge in [0.05, 0.1) is 10.7 Å². The first-order valence-electron chi connectivity index (χ1n) is 4.88. The van der Waals surface area contributed by atoms with Gasteiger partial charge in [0.15, 0.2) is 0 Å². The number of rotatable bonds is 4. The maximum atomic E-state index is 5.65. The van der Waals surface area contributed by atoms with E-state index in [4.69, 9.17) is 11.6 Å². The van der Waals surface area contributed by atoms with Crippen molar-refractivity contribution >= 4 is 22.9 Å². The van der Waals surface area contributed by atoms with Gasteiger partial charge in [-0.1, -0.05) is 39.0 Å². The van der Waals surface area contributed by atoms with Crippen molar-refractivity contribution in [1.29, 1.82) is 0 Å². The Bertz CT molecular complexity index is 339. The lowest BCUT2D eigenvalue weighted by molar-refractivity contribution is 0.581. The number of aromatic nitrogens is 1. The van der Waals surface area contributed by atoms with Crippen LogP contribution in [-0.2, 0) is 12.0 Å². The van der Waals surface area contributed by atoms with E-state index >= 15 is 0 Å². The van der Waals surface area contributed by atoms with E-state index in [-0.39, 0.29) is 5.41 Å². The average molecular weight is 245 g/mol. The van der Waals surface area contributed by atoms with Crippen molar-refractivity contribution in [1.82, 2.24) is 10.3 Å². The molecule has 84 valence electrons. The Balaban J connectivity index is 2.50. The molecule has 1 aromatic rings. The van der Waals surface area contributed by atoms with Crippen LogP contribution >= 0.6 is 22.9 Å². The fourth-order valence-corrected chi connectivity index (χ4v) is 2.06. The lowest BCUT2D eigenvalue weighted by Gasteiger charge is -2.13. The van der Waals surface area contributed by atoms with Gasteiger partial charge in [0.25, 0.3) is 0 Å². The summed E-state index contributed by atoms with van der Waals surface area (Å²) in [6, 6.07) is 0. The van der Waals surface area contributed by atoms with Gasteiger partial charge in [0.2, 0.25) is 0 Å². The average Bonchev–Trinajstić information content (AvgIpc) is 2.51. The minimum atomic E-state index is 0.138. The predicted octanol–water partition coefficient (Wildman–Crippen LogP) is 3.28. The van der Waals surface area contributed by atoms with Crippen molar-refractivity contribution in [2.45, 2.75) is 32.7 Å². The summed E-state index contributed by atoms with van der Waals surface area (Å²) < 4.78 is 0. The highest BCUT2D eigenvalue weighted by Gasteiger charge is 2.17. The standard InChI is InChI=1S/C11H17ClN2S/c1-8(12)5-13-6-9-7-15-10(14-9)11(2,3)4/h7,13H,1,5-6H2,2-4H3. The molecule has 0 atom stereocenters. The summed E-state index contributed by atoms with van der Waals surface area (Å²) in [5, 5.41) is 7.06. The molecule has 4 heteroatoms. The van der Waals surface area contributed by atoms with Crippen LogP contribution in [0.2, 0.25) is 0 Å². The summed E-state index contributed by atoms with van der Waals surface area (Å²) in [5.74, 6) is 0. The summed E-state index contributed by atoms with van der Waals surface area (Å²) in [4.78, 5) is 4.56. The third kappa shape index (κ3) is 4.33. The molecule has 0 saturated heterocycles. The van der Waals surface area contributed by atoms with Gasteiger partial charge in [-0.2, -0.15) is 0 Å². The molecule has 15 heavy (non-hydrogen) atoms. The molecule has 0 aliphatic carbocycles.